The van der Waals surface area contributed by atoms with Gasteiger partial charge in [0.15, 0.2) is 10.9 Å². The number of aromatic nitrogens is 3. The minimum atomic E-state index is 0.577. The number of hydrogen-bond donors (Lipinski definition) is 2. The summed E-state index contributed by atoms with van der Waals surface area (Å²) < 4.78 is 7.08. The van der Waals surface area contributed by atoms with E-state index in [9.17, 15) is 0 Å². The van der Waals surface area contributed by atoms with E-state index in [0.717, 1.165) is 32.0 Å². The largest absolute Gasteiger partial charge is 0.382 e. The molecule has 0 aliphatic carbocycles. The minimum Gasteiger partial charge on any atom is -0.382 e. The molecule has 0 radical (unpaired) electrons. The third-order valence-corrected chi connectivity index (χ3v) is 2.46. The molecular weight excluding hydrogens is 238 g/mol. The van der Waals surface area contributed by atoms with E-state index in [-0.39, 0.29) is 0 Å². The first-order chi connectivity index (χ1) is 8.24. The van der Waals surface area contributed by atoms with Gasteiger partial charge in [-0.2, -0.15) is 0 Å². The van der Waals surface area contributed by atoms with Crippen molar-refractivity contribution in [3.8, 4) is 0 Å². The Morgan fingerprint density at radius 3 is 3.00 bits per heavy atom. The van der Waals surface area contributed by atoms with Crippen LogP contribution in [0.1, 0.15) is 19.2 Å². The highest BCUT2D eigenvalue weighted by Crippen LogP contribution is 1.89. The molecule has 7 heteroatoms. The van der Waals surface area contributed by atoms with Gasteiger partial charge in [0.25, 0.3) is 0 Å². The molecule has 0 saturated carbocycles. The average molecular weight is 257 g/mol. The van der Waals surface area contributed by atoms with Gasteiger partial charge in [0.2, 0.25) is 0 Å². The fourth-order valence-corrected chi connectivity index (χ4v) is 1.38. The third-order valence-electron chi connectivity index (χ3n) is 2.17. The summed E-state index contributed by atoms with van der Waals surface area (Å²) in [4.78, 5) is 0. The Balaban J connectivity index is 2.07. The molecule has 2 N–H and O–H groups in total. The number of rotatable bonds is 7. The van der Waals surface area contributed by atoms with Crippen LogP contribution in [0.4, 0.5) is 0 Å². The van der Waals surface area contributed by atoms with Crippen LogP contribution in [0.5, 0.6) is 0 Å². The van der Waals surface area contributed by atoms with Crippen LogP contribution >= 0.6 is 12.2 Å². The zero-order valence-corrected chi connectivity index (χ0v) is 11.1. The maximum atomic E-state index is 5.22. The molecule has 0 unspecified atom stereocenters. The van der Waals surface area contributed by atoms with Gasteiger partial charge in [-0.1, -0.05) is 0 Å². The Morgan fingerprint density at radius 2 is 2.35 bits per heavy atom. The second kappa shape index (κ2) is 7.97. The Kier molecular flexibility index (Phi) is 6.49. The molecule has 0 aromatic carbocycles. The summed E-state index contributed by atoms with van der Waals surface area (Å²) in [6, 6.07) is 0. The number of aryl methyl sites for hydroxylation is 1. The number of nitrogens with one attached hydrogen (secondary N) is 2. The molecule has 17 heavy (non-hydrogen) atoms. The van der Waals surface area contributed by atoms with Crippen LogP contribution in [0.15, 0.2) is 6.33 Å². The number of ether oxygens (including phenoxy) is 1. The maximum absolute atomic E-state index is 5.22. The van der Waals surface area contributed by atoms with Crippen molar-refractivity contribution in [1.82, 2.24) is 25.4 Å². The smallest absolute Gasteiger partial charge is 0.166 e. The molecule has 0 saturated heterocycles. The van der Waals surface area contributed by atoms with Crippen LogP contribution in [0.2, 0.25) is 0 Å². The van der Waals surface area contributed by atoms with Crippen LogP contribution < -0.4 is 10.6 Å². The zero-order valence-electron chi connectivity index (χ0n) is 10.3. The molecular formula is C10H19N5OS. The Morgan fingerprint density at radius 1 is 1.53 bits per heavy atom. The van der Waals surface area contributed by atoms with Gasteiger partial charge in [-0.3, -0.25) is 0 Å². The van der Waals surface area contributed by atoms with Crippen molar-refractivity contribution in [2.75, 3.05) is 19.8 Å². The lowest BCUT2D eigenvalue weighted by Gasteiger charge is -2.09. The molecule has 0 fully saturated rings. The molecule has 0 aliphatic rings. The Hall–Kier alpha value is -1.21. The van der Waals surface area contributed by atoms with Gasteiger partial charge in [0, 0.05) is 26.8 Å². The molecule has 0 amide bonds. The summed E-state index contributed by atoms with van der Waals surface area (Å²) in [7, 11) is 1.90. The highest BCUT2D eigenvalue weighted by Gasteiger charge is 2.01. The predicted molar refractivity (Wildman–Crippen MR) is 69.6 cm³/mol. The molecule has 1 rings (SSSR count). The van der Waals surface area contributed by atoms with Crippen molar-refractivity contribution < 1.29 is 4.74 Å². The molecule has 0 bridgehead atoms. The standard InChI is InChI=1S/C10H19N5OS/c1-3-16-6-4-5-11-10(17)12-7-9-14-13-8-15(9)2/h8H,3-7H2,1-2H3,(H2,11,12,17). The van der Waals surface area contributed by atoms with E-state index in [2.05, 4.69) is 20.8 Å². The summed E-state index contributed by atoms with van der Waals surface area (Å²) in [6.07, 6.45) is 2.61. The van der Waals surface area contributed by atoms with Gasteiger partial charge < -0.3 is 19.9 Å². The quantitative estimate of drug-likeness (QED) is 0.538. The number of nitrogens with zero attached hydrogens (tertiary/aromatic N) is 3. The molecule has 0 aliphatic heterocycles. The van der Waals surface area contributed by atoms with E-state index in [1.165, 1.54) is 0 Å². The second-order valence-corrected chi connectivity index (χ2v) is 3.93. The van der Waals surface area contributed by atoms with E-state index in [0.29, 0.717) is 11.7 Å². The van der Waals surface area contributed by atoms with E-state index in [1.54, 1.807) is 6.33 Å². The summed E-state index contributed by atoms with van der Waals surface area (Å²) in [6.45, 7) is 4.89. The van der Waals surface area contributed by atoms with Crippen LogP contribution in [0, 0.1) is 0 Å². The monoisotopic (exact) mass is 257 g/mol. The first kappa shape index (κ1) is 13.9. The normalized spacial score (nSPS) is 10.2. The highest BCUT2D eigenvalue weighted by atomic mass is 32.1. The fraction of sp³-hybridized carbons (Fsp3) is 0.700. The molecule has 0 atom stereocenters. The van der Waals surface area contributed by atoms with Crippen LogP contribution in [0.25, 0.3) is 0 Å². The molecule has 1 aromatic rings. The van der Waals surface area contributed by atoms with Crippen molar-refractivity contribution in [1.29, 1.82) is 0 Å². The van der Waals surface area contributed by atoms with Gasteiger partial charge in [-0.05, 0) is 25.6 Å². The molecule has 1 heterocycles. The summed E-state index contributed by atoms with van der Waals surface area (Å²) in [5.74, 6) is 0.850. The van der Waals surface area contributed by atoms with Gasteiger partial charge in [0.1, 0.15) is 6.33 Å². The van der Waals surface area contributed by atoms with Gasteiger partial charge in [0.05, 0.1) is 6.54 Å². The Labute approximate surface area is 107 Å². The van der Waals surface area contributed by atoms with E-state index < -0.39 is 0 Å². The molecule has 6 nitrogen and oxygen atoms in total. The van der Waals surface area contributed by atoms with Crippen LogP contribution in [0.3, 0.4) is 0 Å². The van der Waals surface area contributed by atoms with Crippen molar-refractivity contribution >= 4 is 17.3 Å². The van der Waals surface area contributed by atoms with Gasteiger partial charge in [-0.25, -0.2) is 0 Å². The van der Waals surface area contributed by atoms with Gasteiger partial charge in [-0.15, -0.1) is 10.2 Å². The van der Waals surface area contributed by atoms with Crippen molar-refractivity contribution in [2.45, 2.75) is 19.9 Å². The lowest BCUT2D eigenvalue weighted by atomic mass is 10.4. The first-order valence-corrected chi connectivity index (χ1v) is 6.07. The Bertz CT molecular complexity index is 341. The van der Waals surface area contributed by atoms with Crippen LogP contribution in [-0.4, -0.2) is 39.6 Å². The first-order valence-electron chi connectivity index (χ1n) is 5.66. The van der Waals surface area contributed by atoms with E-state index >= 15 is 0 Å². The lowest BCUT2D eigenvalue weighted by Crippen LogP contribution is -2.36. The molecule has 96 valence electrons. The van der Waals surface area contributed by atoms with E-state index in [4.69, 9.17) is 17.0 Å². The number of thiocarbonyl (C=S) groups is 1. The second-order valence-electron chi connectivity index (χ2n) is 3.52. The molecule has 1 aromatic heterocycles. The highest BCUT2D eigenvalue weighted by molar-refractivity contribution is 7.80. The summed E-state index contributed by atoms with van der Waals surface area (Å²) in [5.41, 5.74) is 0. The minimum absolute atomic E-state index is 0.577. The summed E-state index contributed by atoms with van der Waals surface area (Å²) >= 11 is 5.13. The maximum Gasteiger partial charge on any atom is 0.166 e. The predicted octanol–water partition coefficient (Wildman–Crippen LogP) is 0.206. The van der Waals surface area contributed by atoms with Gasteiger partial charge >= 0.3 is 0 Å². The topological polar surface area (TPSA) is 64.0 Å². The zero-order chi connectivity index (χ0) is 12.5. The van der Waals surface area contributed by atoms with E-state index in [1.807, 2.05) is 18.5 Å². The average Bonchev–Trinajstić information content (AvgIpc) is 2.72. The molecule has 0 spiro atoms. The SMILES string of the molecule is CCOCCCNC(=S)NCc1nncn1C. The lowest BCUT2D eigenvalue weighted by molar-refractivity contribution is 0.145. The third kappa shape index (κ3) is 5.60. The number of hydrogen-bond acceptors (Lipinski definition) is 4. The van der Waals surface area contributed by atoms with Crippen LogP contribution in [-0.2, 0) is 18.3 Å². The van der Waals surface area contributed by atoms with Crippen molar-refractivity contribution in [2.24, 2.45) is 7.05 Å². The fourth-order valence-electron chi connectivity index (χ4n) is 1.21. The summed E-state index contributed by atoms with van der Waals surface area (Å²) in [5, 5.41) is 14.5. The van der Waals surface area contributed by atoms with Crippen molar-refractivity contribution in [3.63, 3.8) is 0 Å². The van der Waals surface area contributed by atoms with Crippen molar-refractivity contribution in [3.05, 3.63) is 12.2 Å².